The first-order valence-electron chi connectivity index (χ1n) is 10.5. The van der Waals surface area contributed by atoms with E-state index in [-0.39, 0.29) is 76.5 Å². The summed E-state index contributed by atoms with van der Waals surface area (Å²) in [5, 5.41) is 2.81. The van der Waals surface area contributed by atoms with E-state index in [0.717, 1.165) is 32.0 Å². The third kappa shape index (κ3) is 40.9. The summed E-state index contributed by atoms with van der Waals surface area (Å²) in [6, 6.07) is -0.378. The van der Waals surface area contributed by atoms with E-state index in [1.54, 1.807) is 6.92 Å². The van der Waals surface area contributed by atoms with Crippen LogP contribution in [0.15, 0.2) is 0 Å². The molecule has 0 aromatic heterocycles. The molecule has 0 aromatic rings. The molecule has 0 rings (SSSR count). The first kappa shape index (κ1) is 42.5. The molecule has 0 aromatic carbocycles. The summed E-state index contributed by atoms with van der Waals surface area (Å²) >= 11 is 0. The Labute approximate surface area is 219 Å². The summed E-state index contributed by atoms with van der Waals surface area (Å²) in [5.41, 5.74) is 5.69. The molecule has 1 atom stereocenters. The van der Waals surface area contributed by atoms with Crippen LogP contribution >= 0.6 is 0 Å². The van der Waals surface area contributed by atoms with E-state index in [2.05, 4.69) is 19.2 Å². The topological polar surface area (TPSA) is 89.3 Å². The molecule has 28 heavy (non-hydrogen) atoms. The molecule has 3 N–H and O–H groups in total. The number of rotatable bonds is 12. The molecule has 0 aliphatic heterocycles. The molecule has 0 saturated carbocycles. The van der Waals surface area contributed by atoms with E-state index in [0.29, 0.717) is 32.2 Å². The zero-order valence-electron chi connectivity index (χ0n) is 20.5. The molecule has 0 aliphatic carbocycles. The maximum absolute atomic E-state index is 11.4. The van der Waals surface area contributed by atoms with Gasteiger partial charge in [-0.2, -0.15) is 0 Å². The van der Waals surface area contributed by atoms with E-state index in [1.165, 1.54) is 6.42 Å². The first-order chi connectivity index (χ1) is 12.5. The average molecular weight is 429 g/mol. The third-order valence-corrected chi connectivity index (χ3v) is 3.00. The Morgan fingerprint density at radius 3 is 1.89 bits per heavy atom. The van der Waals surface area contributed by atoms with Crippen molar-refractivity contribution in [2.75, 3.05) is 6.54 Å². The van der Waals surface area contributed by atoms with Gasteiger partial charge in [0.25, 0.3) is 0 Å². The molecular weight excluding hydrogens is 379 g/mol. The minimum atomic E-state index is -0.378. The fourth-order valence-corrected chi connectivity index (χ4v) is 1.74. The number of amides is 1. The van der Waals surface area contributed by atoms with Crippen molar-refractivity contribution in [2.24, 2.45) is 5.73 Å². The number of aldehydes is 1. The van der Waals surface area contributed by atoms with Crippen molar-refractivity contribution < 1.29 is 65.8 Å². The van der Waals surface area contributed by atoms with Gasteiger partial charge < -0.3 is 23.3 Å². The molecule has 0 heterocycles. The van der Waals surface area contributed by atoms with Crippen molar-refractivity contribution in [3.8, 4) is 0 Å². The van der Waals surface area contributed by atoms with Crippen molar-refractivity contribution >= 4 is 18.0 Å². The number of carbonyl (C=O) groups excluding carboxylic acids is 3. The van der Waals surface area contributed by atoms with E-state index >= 15 is 0 Å². The van der Waals surface area contributed by atoms with E-state index < -0.39 is 0 Å². The zero-order chi connectivity index (χ0) is 21.2. The van der Waals surface area contributed by atoms with Gasteiger partial charge in [-0.15, -0.1) is 0 Å². The van der Waals surface area contributed by atoms with Gasteiger partial charge in [-0.1, -0.05) is 61.3 Å². The van der Waals surface area contributed by atoms with Gasteiger partial charge in [-0.25, -0.2) is 0 Å². The Morgan fingerprint density at radius 1 is 0.964 bits per heavy atom. The third-order valence-electron chi connectivity index (χ3n) is 3.00. The molecule has 5 nitrogen and oxygen atoms in total. The minimum Gasteiger partial charge on any atom is -0.358 e. The van der Waals surface area contributed by atoms with Crippen LogP contribution < -0.4 is 62.4 Å². The van der Waals surface area contributed by atoms with Crippen LogP contribution in [0, 0.1) is 7.43 Å². The largest absolute Gasteiger partial charge is 1.00 e. The van der Waals surface area contributed by atoms with Gasteiger partial charge in [0.2, 0.25) is 5.91 Å². The summed E-state index contributed by atoms with van der Waals surface area (Å²) in [4.78, 5) is 32.7. The Bertz CT molecular complexity index is 302. The minimum absolute atomic E-state index is 0. The van der Waals surface area contributed by atoms with Crippen LogP contribution in [0.5, 0.6) is 0 Å². The Kier molecular flexibility index (Phi) is 63.3. The molecule has 6 heteroatoms. The predicted molar refractivity (Wildman–Crippen MR) is 120 cm³/mol. The van der Waals surface area contributed by atoms with Crippen molar-refractivity contribution in [1.82, 2.24) is 5.32 Å². The molecule has 0 bridgehead atoms. The molecule has 0 aliphatic rings. The molecule has 1 unspecified atom stereocenters. The molecule has 166 valence electrons. The average Bonchev–Trinajstić information content (AvgIpc) is 2.68. The number of nitrogens with one attached hydrogen (secondary N) is 1. The van der Waals surface area contributed by atoms with Crippen molar-refractivity contribution in [1.29, 1.82) is 0 Å². The van der Waals surface area contributed by atoms with Crippen LogP contribution in [0.25, 0.3) is 0 Å². The van der Waals surface area contributed by atoms with Crippen LogP contribution in [0.1, 0.15) is 106 Å². The second-order valence-electron chi connectivity index (χ2n) is 5.39. The number of Topliss-reactive ketones (excluding diaryl/α,β-unsaturated/α-hetero) is 1. The summed E-state index contributed by atoms with van der Waals surface area (Å²) in [7, 11) is 0. The molecule has 0 fully saturated rings. The van der Waals surface area contributed by atoms with E-state index in [1.807, 2.05) is 27.7 Å². The van der Waals surface area contributed by atoms with Gasteiger partial charge in [-0.3, -0.25) is 9.59 Å². The van der Waals surface area contributed by atoms with Crippen molar-refractivity contribution in [3.05, 3.63) is 7.43 Å². The molecule has 0 saturated heterocycles. The monoisotopic (exact) mass is 428 g/mol. The van der Waals surface area contributed by atoms with Gasteiger partial charge in [0.1, 0.15) is 12.1 Å². The van der Waals surface area contributed by atoms with E-state index in [4.69, 9.17) is 5.73 Å². The van der Waals surface area contributed by atoms with Gasteiger partial charge in [0.15, 0.2) is 0 Å². The van der Waals surface area contributed by atoms with Gasteiger partial charge in [0.05, 0.1) is 6.04 Å². The second kappa shape index (κ2) is 41.7. The second-order valence-corrected chi connectivity index (χ2v) is 5.39. The van der Waals surface area contributed by atoms with Crippen LogP contribution in [-0.2, 0) is 14.4 Å². The standard InChI is InChI=1S/C14H26N2O3.C3H8.2C2H6.CH3.K/c1-2-13(18)12(15)8-4-5-9-14(19)16-10-6-3-7-11-17;1-3-2;2*1-2;;/h11-12H,2-10,15H2,1H3,(H,16,19);3H2,1-2H3;2*1-2H3;1H3;/q;;;;-1;+1. The zero-order valence-corrected chi connectivity index (χ0v) is 23.7. The predicted octanol–water partition coefficient (Wildman–Crippen LogP) is 2.26. The number of nitrogens with two attached hydrogens (primary N) is 1. The fraction of sp³-hybridized carbons (Fsp3) is 0.818. The van der Waals surface area contributed by atoms with Crippen molar-refractivity contribution in [3.63, 3.8) is 0 Å². The molecule has 1 amide bonds. The fourth-order valence-electron chi connectivity index (χ4n) is 1.74. The molecule has 0 spiro atoms. The summed E-state index contributed by atoms with van der Waals surface area (Å²) in [5.74, 6) is 0.112. The maximum atomic E-state index is 11.4. The number of unbranched alkanes of at least 4 members (excludes halogenated alkanes) is 3. The Morgan fingerprint density at radius 2 is 1.46 bits per heavy atom. The maximum Gasteiger partial charge on any atom is 1.00 e. The molecular formula is C22H49KN2O3. The Hall–Kier alpha value is 0.406. The first-order valence-corrected chi connectivity index (χ1v) is 10.5. The van der Waals surface area contributed by atoms with E-state index in [9.17, 15) is 14.4 Å². The number of hydrogen-bond acceptors (Lipinski definition) is 4. The van der Waals surface area contributed by atoms with Crippen LogP contribution in [0.4, 0.5) is 0 Å². The van der Waals surface area contributed by atoms with Crippen LogP contribution in [0.3, 0.4) is 0 Å². The van der Waals surface area contributed by atoms with Gasteiger partial charge in [-0.05, 0) is 25.7 Å². The smallest absolute Gasteiger partial charge is 0.358 e. The summed E-state index contributed by atoms with van der Waals surface area (Å²) < 4.78 is 0. The number of hydrogen-bond donors (Lipinski definition) is 2. The normalized spacial score (nSPS) is 9.14. The quantitative estimate of drug-likeness (QED) is 0.216. The Balaban J connectivity index is -0.000000119. The molecule has 0 radical (unpaired) electrons. The van der Waals surface area contributed by atoms with Crippen LogP contribution in [0.2, 0.25) is 0 Å². The van der Waals surface area contributed by atoms with Gasteiger partial charge in [0, 0.05) is 25.8 Å². The van der Waals surface area contributed by atoms with Gasteiger partial charge >= 0.3 is 51.4 Å². The number of ketones is 1. The summed E-state index contributed by atoms with van der Waals surface area (Å²) in [6.45, 7) is 14.7. The SMILES string of the molecule is CC.CC.CCC.CCC(=O)C(N)CCCCC(=O)NCCCCC=O.[CH3-].[K+]. The number of carbonyl (C=O) groups is 3. The summed E-state index contributed by atoms with van der Waals surface area (Å²) in [6.07, 6.45) is 7.50. The van der Waals surface area contributed by atoms with Crippen molar-refractivity contribution in [2.45, 2.75) is 112 Å². The van der Waals surface area contributed by atoms with Crippen LogP contribution in [-0.4, -0.2) is 30.6 Å².